The third-order valence-corrected chi connectivity index (χ3v) is 2.94. The number of aliphatic hydroxyl groups excluding tert-OH is 1. The predicted molar refractivity (Wildman–Crippen MR) is 68.5 cm³/mol. The van der Waals surface area contributed by atoms with Gasteiger partial charge in [0.05, 0.1) is 7.11 Å². The summed E-state index contributed by atoms with van der Waals surface area (Å²) in [6.07, 6.45) is -1.46. The zero-order valence-corrected chi connectivity index (χ0v) is 11.4. The van der Waals surface area contributed by atoms with Crippen molar-refractivity contribution in [2.45, 2.75) is 39.2 Å². The fourth-order valence-electron chi connectivity index (χ4n) is 1.89. The molecule has 0 radical (unpaired) electrons. The molecule has 0 aliphatic carbocycles. The summed E-state index contributed by atoms with van der Waals surface area (Å²) in [5, 5.41) is 20.2. The van der Waals surface area contributed by atoms with Crippen molar-refractivity contribution in [3.63, 3.8) is 0 Å². The summed E-state index contributed by atoms with van der Waals surface area (Å²) in [7, 11) is 1.20. The molecule has 0 aliphatic heterocycles. The van der Waals surface area contributed by atoms with Gasteiger partial charge in [0, 0.05) is 5.56 Å². The number of ether oxygens (including phenoxy) is 1. The summed E-state index contributed by atoms with van der Waals surface area (Å²) in [4.78, 5) is 11.4. The maximum Gasteiger partial charge on any atom is 0.339 e. The molecule has 4 heteroatoms. The van der Waals surface area contributed by atoms with Gasteiger partial charge >= 0.3 is 5.97 Å². The van der Waals surface area contributed by atoms with Gasteiger partial charge in [0.25, 0.3) is 0 Å². The summed E-state index contributed by atoms with van der Waals surface area (Å²) < 4.78 is 4.50. The Morgan fingerprint density at radius 1 is 1.33 bits per heavy atom. The molecule has 0 aromatic heterocycles. The molecule has 2 N–H and O–H groups in total. The number of hydrogen-bond acceptors (Lipinski definition) is 4. The summed E-state index contributed by atoms with van der Waals surface area (Å²) in [6, 6.07) is 3.58. The van der Waals surface area contributed by atoms with E-state index in [1.807, 2.05) is 20.8 Å². The van der Waals surface area contributed by atoms with E-state index in [0.717, 1.165) is 0 Å². The Morgan fingerprint density at radius 2 is 1.89 bits per heavy atom. The van der Waals surface area contributed by atoms with Gasteiger partial charge in [-0.15, -0.1) is 0 Å². The maximum absolute atomic E-state index is 11.4. The van der Waals surface area contributed by atoms with Crippen LogP contribution in [0.4, 0.5) is 0 Å². The lowest BCUT2D eigenvalue weighted by Crippen LogP contribution is -2.18. The van der Waals surface area contributed by atoms with E-state index in [9.17, 15) is 15.0 Å². The predicted octanol–water partition coefficient (Wildman–Crippen LogP) is 2.20. The largest absolute Gasteiger partial charge is 0.507 e. The number of rotatable bonds is 2. The minimum atomic E-state index is -1.46. The van der Waals surface area contributed by atoms with Crippen molar-refractivity contribution in [3.8, 4) is 5.75 Å². The molecule has 0 fully saturated rings. The average Bonchev–Trinajstić information content (AvgIpc) is 2.25. The minimum Gasteiger partial charge on any atom is -0.507 e. The highest BCUT2D eigenvalue weighted by molar-refractivity contribution is 5.78. The van der Waals surface area contributed by atoms with Crippen molar-refractivity contribution < 1.29 is 19.7 Å². The number of phenolic OH excluding ortho intramolecular Hbond substituents is 1. The number of aliphatic hydroxyl groups is 1. The van der Waals surface area contributed by atoms with Gasteiger partial charge in [-0.25, -0.2) is 4.79 Å². The highest BCUT2D eigenvalue weighted by Gasteiger charge is 2.28. The van der Waals surface area contributed by atoms with Gasteiger partial charge in [-0.3, -0.25) is 0 Å². The molecule has 4 nitrogen and oxygen atoms in total. The molecule has 0 bridgehead atoms. The topological polar surface area (TPSA) is 66.8 Å². The van der Waals surface area contributed by atoms with Gasteiger partial charge in [-0.05, 0) is 23.5 Å². The lowest BCUT2D eigenvalue weighted by Gasteiger charge is -2.24. The first-order chi connectivity index (χ1) is 8.20. The molecule has 100 valence electrons. The fraction of sp³-hybridized carbons (Fsp3) is 0.500. The standard InChI is InChI=1S/C14H20O4/c1-8-6-7-9(14(2,3)4)11(15)10(8)12(16)13(17)18-5/h6-7,12,15-16H,1-5H3. The number of benzene rings is 1. The van der Waals surface area contributed by atoms with Crippen LogP contribution in [0.25, 0.3) is 0 Å². The molecule has 1 atom stereocenters. The molecular weight excluding hydrogens is 232 g/mol. The Morgan fingerprint density at radius 3 is 2.33 bits per heavy atom. The normalized spacial score (nSPS) is 13.2. The van der Waals surface area contributed by atoms with Crippen molar-refractivity contribution >= 4 is 5.97 Å². The van der Waals surface area contributed by atoms with Crippen LogP contribution >= 0.6 is 0 Å². The summed E-state index contributed by atoms with van der Waals surface area (Å²) in [6.45, 7) is 7.58. The highest BCUT2D eigenvalue weighted by Crippen LogP contribution is 2.37. The van der Waals surface area contributed by atoms with Gasteiger partial charge in [0.15, 0.2) is 6.10 Å². The van der Waals surface area contributed by atoms with Gasteiger partial charge < -0.3 is 14.9 Å². The summed E-state index contributed by atoms with van der Waals surface area (Å²) in [5.74, 6) is -0.820. The van der Waals surface area contributed by atoms with E-state index in [-0.39, 0.29) is 16.7 Å². The fourth-order valence-corrected chi connectivity index (χ4v) is 1.89. The van der Waals surface area contributed by atoms with Crippen LogP contribution in [0.5, 0.6) is 5.75 Å². The number of carbonyl (C=O) groups excluding carboxylic acids is 1. The van der Waals surface area contributed by atoms with Crippen LogP contribution in [0.1, 0.15) is 43.6 Å². The first-order valence-electron chi connectivity index (χ1n) is 5.79. The van der Waals surface area contributed by atoms with E-state index >= 15 is 0 Å². The van der Waals surface area contributed by atoms with E-state index in [1.54, 1.807) is 19.1 Å². The first-order valence-corrected chi connectivity index (χ1v) is 5.79. The number of carbonyl (C=O) groups is 1. The number of esters is 1. The Balaban J connectivity index is 3.40. The zero-order valence-electron chi connectivity index (χ0n) is 11.4. The van der Waals surface area contributed by atoms with Crippen molar-refractivity contribution in [3.05, 3.63) is 28.8 Å². The van der Waals surface area contributed by atoms with Crippen LogP contribution in [0, 0.1) is 6.92 Å². The molecular formula is C14H20O4. The second-order valence-corrected chi connectivity index (χ2v) is 5.37. The molecule has 0 aliphatic rings. The zero-order chi connectivity index (χ0) is 14.1. The number of methoxy groups -OCH3 is 1. The van der Waals surface area contributed by atoms with Crippen LogP contribution < -0.4 is 0 Å². The maximum atomic E-state index is 11.4. The third-order valence-electron chi connectivity index (χ3n) is 2.94. The smallest absolute Gasteiger partial charge is 0.339 e. The molecule has 1 unspecified atom stereocenters. The van der Waals surface area contributed by atoms with Crippen molar-refractivity contribution in [1.82, 2.24) is 0 Å². The van der Waals surface area contributed by atoms with Crippen molar-refractivity contribution in [1.29, 1.82) is 0 Å². The number of hydrogen-bond donors (Lipinski definition) is 2. The van der Waals surface area contributed by atoms with Crippen LogP contribution in [-0.4, -0.2) is 23.3 Å². The Bertz CT molecular complexity index is 458. The third kappa shape index (κ3) is 2.64. The SMILES string of the molecule is COC(=O)C(O)c1c(C)ccc(C(C)(C)C)c1O. The Hall–Kier alpha value is -1.55. The van der Waals surface area contributed by atoms with E-state index in [1.165, 1.54) is 7.11 Å². The summed E-state index contributed by atoms with van der Waals surface area (Å²) in [5.41, 5.74) is 1.28. The van der Waals surface area contributed by atoms with Crippen molar-refractivity contribution in [2.75, 3.05) is 7.11 Å². The lowest BCUT2D eigenvalue weighted by atomic mass is 9.83. The van der Waals surface area contributed by atoms with E-state index < -0.39 is 12.1 Å². The highest BCUT2D eigenvalue weighted by atomic mass is 16.5. The molecule has 0 saturated heterocycles. The monoisotopic (exact) mass is 252 g/mol. The molecule has 18 heavy (non-hydrogen) atoms. The molecule has 0 spiro atoms. The van der Waals surface area contributed by atoms with Crippen LogP contribution in [0.15, 0.2) is 12.1 Å². The first kappa shape index (κ1) is 14.5. The molecule has 0 saturated carbocycles. The van der Waals surface area contributed by atoms with Gasteiger partial charge in [0.2, 0.25) is 0 Å². The van der Waals surface area contributed by atoms with E-state index in [2.05, 4.69) is 4.74 Å². The molecule has 1 aromatic rings. The average molecular weight is 252 g/mol. The van der Waals surface area contributed by atoms with Crippen LogP contribution in [0.3, 0.4) is 0 Å². The molecule has 0 amide bonds. The number of phenols is 1. The van der Waals surface area contributed by atoms with Gasteiger partial charge in [-0.1, -0.05) is 32.9 Å². The Labute approximate surface area is 107 Å². The number of aryl methyl sites for hydroxylation is 1. The minimum absolute atomic E-state index is 0.0413. The quantitative estimate of drug-likeness (QED) is 0.792. The van der Waals surface area contributed by atoms with E-state index in [4.69, 9.17) is 0 Å². The Kier molecular flexibility index (Phi) is 4.02. The van der Waals surface area contributed by atoms with Gasteiger partial charge in [-0.2, -0.15) is 0 Å². The number of aromatic hydroxyl groups is 1. The van der Waals surface area contributed by atoms with Crippen molar-refractivity contribution in [2.24, 2.45) is 0 Å². The second-order valence-electron chi connectivity index (χ2n) is 5.37. The second kappa shape index (κ2) is 4.98. The molecule has 1 rings (SSSR count). The lowest BCUT2D eigenvalue weighted by molar-refractivity contribution is -0.150. The molecule has 0 heterocycles. The van der Waals surface area contributed by atoms with Gasteiger partial charge in [0.1, 0.15) is 5.75 Å². The summed E-state index contributed by atoms with van der Waals surface area (Å²) >= 11 is 0. The van der Waals surface area contributed by atoms with Crippen LogP contribution in [0.2, 0.25) is 0 Å². The molecule has 1 aromatic carbocycles. The van der Waals surface area contributed by atoms with E-state index in [0.29, 0.717) is 11.1 Å². The van der Waals surface area contributed by atoms with Crippen LogP contribution in [-0.2, 0) is 14.9 Å².